The Hall–Kier alpha value is -1.18. The summed E-state index contributed by atoms with van der Waals surface area (Å²) in [5.41, 5.74) is -0.464. The fourth-order valence-electron chi connectivity index (χ4n) is 1.58. The van der Waals surface area contributed by atoms with Crippen LogP contribution in [0, 0.1) is 0 Å². The molecule has 7 nitrogen and oxygen atoms in total. The van der Waals surface area contributed by atoms with Gasteiger partial charge in [-0.05, 0) is 27.2 Å². The van der Waals surface area contributed by atoms with Crippen molar-refractivity contribution in [3.05, 3.63) is 0 Å². The third kappa shape index (κ3) is 17.2. The standard InChI is InChI=1S/C17H32O7/c1-5-6-15(18)23-14-13-22-12-11-21-10-9-20-8-7-16(19)24-17(2,3)4/h5-14H2,1-4H3. The zero-order valence-corrected chi connectivity index (χ0v) is 15.4. The van der Waals surface area contributed by atoms with Gasteiger partial charge >= 0.3 is 11.9 Å². The number of carbonyl (C=O) groups is 2. The van der Waals surface area contributed by atoms with Crippen LogP contribution in [0.5, 0.6) is 0 Å². The number of carbonyl (C=O) groups excluding carboxylic acids is 2. The molecule has 0 aromatic carbocycles. The van der Waals surface area contributed by atoms with Gasteiger partial charge in [-0.25, -0.2) is 0 Å². The fourth-order valence-corrected chi connectivity index (χ4v) is 1.58. The normalized spacial score (nSPS) is 11.3. The molecule has 0 rings (SSSR count). The topological polar surface area (TPSA) is 80.3 Å². The van der Waals surface area contributed by atoms with Gasteiger partial charge in [-0.1, -0.05) is 6.92 Å². The SMILES string of the molecule is CCCC(=O)OCCOCCOCCOCCC(=O)OC(C)(C)C. The quantitative estimate of drug-likeness (QED) is 0.351. The molecule has 0 unspecified atom stereocenters. The molecule has 0 amide bonds. The van der Waals surface area contributed by atoms with Gasteiger partial charge in [0.05, 0.1) is 46.1 Å². The van der Waals surface area contributed by atoms with Crippen LogP contribution < -0.4 is 0 Å². The van der Waals surface area contributed by atoms with E-state index in [-0.39, 0.29) is 25.0 Å². The van der Waals surface area contributed by atoms with E-state index in [2.05, 4.69) is 0 Å². The summed E-state index contributed by atoms with van der Waals surface area (Å²) < 4.78 is 26.0. The molecule has 24 heavy (non-hydrogen) atoms. The van der Waals surface area contributed by atoms with Crippen LogP contribution in [-0.2, 0) is 33.3 Å². The van der Waals surface area contributed by atoms with Gasteiger partial charge in [0.15, 0.2) is 0 Å². The molecule has 0 aliphatic carbocycles. The van der Waals surface area contributed by atoms with Crippen molar-refractivity contribution in [1.29, 1.82) is 0 Å². The van der Waals surface area contributed by atoms with Crippen molar-refractivity contribution in [2.24, 2.45) is 0 Å². The van der Waals surface area contributed by atoms with Gasteiger partial charge in [0.25, 0.3) is 0 Å². The molecule has 0 bridgehead atoms. The van der Waals surface area contributed by atoms with Crippen LogP contribution >= 0.6 is 0 Å². The average Bonchev–Trinajstić information content (AvgIpc) is 2.46. The summed E-state index contributed by atoms with van der Waals surface area (Å²) in [7, 11) is 0. The lowest BCUT2D eigenvalue weighted by Gasteiger charge is -2.19. The highest BCUT2D eigenvalue weighted by molar-refractivity contribution is 5.70. The maximum Gasteiger partial charge on any atom is 0.308 e. The summed E-state index contributed by atoms with van der Waals surface area (Å²) in [6.45, 7) is 10.1. The Morgan fingerprint density at radius 1 is 0.708 bits per heavy atom. The van der Waals surface area contributed by atoms with Crippen LogP contribution in [0.15, 0.2) is 0 Å². The highest BCUT2D eigenvalue weighted by Gasteiger charge is 2.15. The monoisotopic (exact) mass is 348 g/mol. The lowest BCUT2D eigenvalue weighted by atomic mass is 10.2. The molecule has 0 aromatic rings. The number of esters is 2. The van der Waals surface area contributed by atoms with Gasteiger partial charge in [-0.2, -0.15) is 0 Å². The molecule has 0 N–H and O–H groups in total. The van der Waals surface area contributed by atoms with Crippen LogP contribution in [0.4, 0.5) is 0 Å². The second-order valence-electron chi connectivity index (χ2n) is 6.14. The lowest BCUT2D eigenvalue weighted by molar-refractivity contribution is -0.156. The van der Waals surface area contributed by atoms with Crippen LogP contribution in [-0.4, -0.2) is 63.8 Å². The molecular weight excluding hydrogens is 316 g/mol. The zero-order valence-electron chi connectivity index (χ0n) is 15.4. The Morgan fingerprint density at radius 2 is 1.21 bits per heavy atom. The minimum atomic E-state index is -0.464. The molecule has 0 heterocycles. The van der Waals surface area contributed by atoms with Crippen LogP contribution in [0.2, 0.25) is 0 Å². The maximum absolute atomic E-state index is 11.4. The third-order valence-electron chi connectivity index (χ3n) is 2.56. The van der Waals surface area contributed by atoms with Crippen LogP contribution in [0.1, 0.15) is 47.0 Å². The summed E-state index contributed by atoms with van der Waals surface area (Å²) in [5, 5.41) is 0. The van der Waals surface area contributed by atoms with E-state index < -0.39 is 5.60 Å². The molecule has 0 aliphatic heterocycles. The Morgan fingerprint density at radius 3 is 1.71 bits per heavy atom. The highest BCUT2D eigenvalue weighted by atomic mass is 16.6. The van der Waals surface area contributed by atoms with Crippen molar-refractivity contribution in [2.45, 2.75) is 52.6 Å². The minimum Gasteiger partial charge on any atom is -0.463 e. The molecule has 0 aromatic heterocycles. The summed E-state index contributed by atoms with van der Waals surface area (Å²) in [4.78, 5) is 22.5. The van der Waals surface area contributed by atoms with Crippen molar-refractivity contribution >= 4 is 11.9 Å². The Labute approximate surface area is 144 Å². The van der Waals surface area contributed by atoms with E-state index >= 15 is 0 Å². The van der Waals surface area contributed by atoms with E-state index in [0.29, 0.717) is 46.1 Å². The van der Waals surface area contributed by atoms with E-state index in [1.807, 2.05) is 27.7 Å². The van der Waals surface area contributed by atoms with Gasteiger partial charge < -0.3 is 23.7 Å². The Kier molecular flexibility index (Phi) is 13.5. The van der Waals surface area contributed by atoms with Gasteiger partial charge in [-0.15, -0.1) is 0 Å². The molecule has 0 radical (unpaired) electrons. The third-order valence-corrected chi connectivity index (χ3v) is 2.56. The summed E-state index contributed by atoms with van der Waals surface area (Å²) in [6.07, 6.45) is 1.46. The maximum atomic E-state index is 11.4. The minimum absolute atomic E-state index is 0.194. The Balaban J connectivity index is 3.23. The molecule has 7 heteroatoms. The number of hydrogen-bond acceptors (Lipinski definition) is 7. The zero-order chi connectivity index (χ0) is 18.3. The first kappa shape index (κ1) is 22.8. The summed E-state index contributed by atoms with van der Waals surface area (Å²) in [6, 6.07) is 0. The number of ether oxygens (including phenoxy) is 5. The smallest absolute Gasteiger partial charge is 0.308 e. The summed E-state index contributed by atoms with van der Waals surface area (Å²) in [5.74, 6) is -0.461. The summed E-state index contributed by atoms with van der Waals surface area (Å²) >= 11 is 0. The Bertz CT molecular complexity index is 336. The molecule has 0 spiro atoms. The van der Waals surface area contributed by atoms with E-state index in [4.69, 9.17) is 23.7 Å². The highest BCUT2D eigenvalue weighted by Crippen LogP contribution is 2.07. The van der Waals surface area contributed by atoms with E-state index in [0.717, 1.165) is 6.42 Å². The molecule has 0 fully saturated rings. The second-order valence-corrected chi connectivity index (χ2v) is 6.14. The van der Waals surface area contributed by atoms with Crippen LogP contribution in [0.3, 0.4) is 0 Å². The van der Waals surface area contributed by atoms with Crippen molar-refractivity contribution in [3.8, 4) is 0 Å². The average molecular weight is 348 g/mol. The van der Waals surface area contributed by atoms with Crippen molar-refractivity contribution < 1.29 is 33.3 Å². The predicted molar refractivity (Wildman–Crippen MR) is 88.8 cm³/mol. The predicted octanol–water partition coefficient (Wildman–Crippen LogP) is 2.11. The number of rotatable bonds is 14. The molecule has 0 saturated carbocycles. The first-order valence-electron chi connectivity index (χ1n) is 8.46. The first-order valence-corrected chi connectivity index (χ1v) is 8.46. The van der Waals surface area contributed by atoms with Crippen molar-refractivity contribution in [1.82, 2.24) is 0 Å². The van der Waals surface area contributed by atoms with Crippen molar-refractivity contribution in [2.75, 3.05) is 46.2 Å². The van der Waals surface area contributed by atoms with Crippen LogP contribution in [0.25, 0.3) is 0 Å². The van der Waals surface area contributed by atoms with Gasteiger partial charge in [0, 0.05) is 6.42 Å². The molecule has 0 aliphatic rings. The largest absolute Gasteiger partial charge is 0.463 e. The number of hydrogen-bond donors (Lipinski definition) is 0. The lowest BCUT2D eigenvalue weighted by Crippen LogP contribution is -2.24. The van der Waals surface area contributed by atoms with Gasteiger partial charge in [-0.3, -0.25) is 9.59 Å². The van der Waals surface area contributed by atoms with E-state index in [9.17, 15) is 9.59 Å². The second kappa shape index (κ2) is 14.2. The molecule has 0 atom stereocenters. The van der Waals surface area contributed by atoms with E-state index in [1.165, 1.54) is 0 Å². The fraction of sp³-hybridized carbons (Fsp3) is 0.882. The first-order chi connectivity index (χ1) is 11.3. The molecule has 0 saturated heterocycles. The van der Waals surface area contributed by atoms with E-state index in [1.54, 1.807) is 0 Å². The molecular formula is C17H32O7. The molecule has 142 valence electrons. The van der Waals surface area contributed by atoms with Gasteiger partial charge in [0.1, 0.15) is 12.2 Å². The van der Waals surface area contributed by atoms with Gasteiger partial charge in [0.2, 0.25) is 0 Å². The van der Waals surface area contributed by atoms with Crippen molar-refractivity contribution in [3.63, 3.8) is 0 Å².